The maximum absolute atomic E-state index is 12.1. The number of nitrogen functional groups attached to an aromatic ring is 1. The van der Waals surface area contributed by atoms with E-state index in [1.54, 1.807) is 0 Å². The van der Waals surface area contributed by atoms with Crippen molar-refractivity contribution >= 4 is 14.1 Å². The minimum Gasteiger partial charge on any atom is -0.407 e. The van der Waals surface area contributed by atoms with E-state index in [1.165, 1.54) is 16.8 Å². The molecule has 2 rings (SSSR count). The summed E-state index contributed by atoms with van der Waals surface area (Å²) in [6.07, 6.45) is -2.05. The van der Waals surface area contributed by atoms with E-state index in [9.17, 15) is 15.0 Å². The molecule has 1 saturated heterocycles. The zero-order valence-corrected chi connectivity index (χ0v) is 15.8. The molecule has 0 radical (unpaired) electrons. The molecule has 4 unspecified atom stereocenters. The van der Waals surface area contributed by atoms with Crippen LogP contribution in [0.25, 0.3) is 0 Å². The summed E-state index contributed by atoms with van der Waals surface area (Å²) >= 11 is 0. The molecule has 1 aliphatic heterocycles. The molecule has 0 saturated carbocycles. The summed E-state index contributed by atoms with van der Waals surface area (Å²) in [5.41, 5.74) is 4.93. The molecule has 4 N–H and O–H groups in total. The molecule has 0 aliphatic carbocycles. The van der Waals surface area contributed by atoms with Gasteiger partial charge in [-0.1, -0.05) is 20.8 Å². The molecule has 0 amide bonds. The highest BCUT2D eigenvalue weighted by molar-refractivity contribution is 6.74. The van der Waals surface area contributed by atoms with Gasteiger partial charge in [0.1, 0.15) is 24.1 Å². The van der Waals surface area contributed by atoms with Gasteiger partial charge in [-0.05, 0) is 24.2 Å². The molecule has 1 aliphatic rings. The first-order chi connectivity index (χ1) is 11.0. The molecule has 24 heavy (non-hydrogen) atoms. The van der Waals surface area contributed by atoms with Crippen LogP contribution in [0.3, 0.4) is 0 Å². The first-order valence-electron chi connectivity index (χ1n) is 7.95. The van der Waals surface area contributed by atoms with Crippen LogP contribution < -0.4 is 11.4 Å². The molecule has 4 atom stereocenters. The fourth-order valence-corrected chi connectivity index (χ4v) is 3.65. The Morgan fingerprint density at radius 3 is 2.58 bits per heavy atom. The summed E-state index contributed by atoms with van der Waals surface area (Å²) in [6.45, 7) is 9.97. The van der Waals surface area contributed by atoms with Crippen molar-refractivity contribution in [2.75, 3.05) is 12.3 Å². The smallest absolute Gasteiger partial charge is 0.351 e. The van der Waals surface area contributed by atoms with Crippen LogP contribution in [0.4, 0.5) is 5.82 Å². The Morgan fingerprint density at radius 1 is 1.46 bits per heavy atom. The number of aliphatic hydroxyl groups is 2. The molecule has 0 aromatic carbocycles. The van der Waals surface area contributed by atoms with Crippen molar-refractivity contribution in [1.82, 2.24) is 9.55 Å². The predicted octanol–water partition coefficient (Wildman–Crippen LogP) is 0.466. The Morgan fingerprint density at radius 2 is 2.08 bits per heavy atom. The zero-order chi connectivity index (χ0) is 18.3. The summed E-state index contributed by atoms with van der Waals surface area (Å²) in [5.74, 6) is 0.107. The number of anilines is 1. The van der Waals surface area contributed by atoms with Crippen LogP contribution >= 0.6 is 0 Å². The highest BCUT2D eigenvalue weighted by atomic mass is 28.4. The van der Waals surface area contributed by atoms with Crippen molar-refractivity contribution in [3.05, 3.63) is 22.7 Å². The van der Waals surface area contributed by atoms with Crippen molar-refractivity contribution in [3.63, 3.8) is 0 Å². The maximum Gasteiger partial charge on any atom is 0.351 e. The number of rotatable bonds is 4. The third-order valence-electron chi connectivity index (χ3n) is 4.86. The first kappa shape index (κ1) is 19.1. The van der Waals surface area contributed by atoms with Crippen molar-refractivity contribution in [2.24, 2.45) is 0 Å². The highest BCUT2D eigenvalue weighted by Gasteiger charge is 2.50. The molecule has 136 valence electrons. The maximum atomic E-state index is 12.1. The highest BCUT2D eigenvalue weighted by Crippen LogP contribution is 2.41. The van der Waals surface area contributed by atoms with Gasteiger partial charge in [-0.2, -0.15) is 4.98 Å². The van der Waals surface area contributed by atoms with Gasteiger partial charge >= 0.3 is 5.69 Å². The summed E-state index contributed by atoms with van der Waals surface area (Å²) in [4.78, 5) is 15.8. The number of nitrogens with two attached hydrogens (primary N) is 1. The Kier molecular flexibility index (Phi) is 5.21. The minimum atomic E-state index is -2.24. The number of hydrogen-bond donors (Lipinski definition) is 3. The lowest BCUT2D eigenvalue weighted by molar-refractivity contribution is -0.0534. The normalized spacial score (nSPS) is 28.3. The van der Waals surface area contributed by atoms with Crippen LogP contribution in [0.2, 0.25) is 18.1 Å². The predicted molar refractivity (Wildman–Crippen MR) is 92.0 cm³/mol. The second-order valence-corrected chi connectivity index (χ2v) is 12.4. The molecular formula is C15H27N3O5Si. The lowest BCUT2D eigenvalue weighted by atomic mass is 10.1. The van der Waals surface area contributed by atoms with Gasteiger partial charge in [0, 0.05) is 6.20 Å². The molecule has 9 heteroatoms. The molecule has 8 nitrogen and oxygen atoms in total. The SMILES string of the molecule is CC(C)(C)[Si](C)(C)OC1C(O)C(CO)OC1n1ccc(N)nc1=O. The number of nitrogens with zero attached hydrogens (tertiary/aromatic N) is 2. The molecular weight excluding hydrogens is 330 g/mol. The topological polar surface area (TPSA) is 120 Å². The van der Waals surface area contributed by atoms with E-state index in [-0.39, 0.29) is 17.5 Å². The molecule has 2 heterocycles. The van der Waals surface area contributed by atoms with E-state index >= 15 is 0 Å². The second kappa shape index (κ2) is 6.56. The van der Waals surface area contributed by atoms with E-state index in [0.29, 0.717) is 0 Å². The van der Waals surface area contributed by atoms with Crippen molar-refractivity contribution in [3.8, 4) is 0 Å². The largest absolute Gasteiger partial charge is 0.407 e. The second-order valence-electron chi connectivity index (χ2n) is 7.62. The quantitative estimate of drug-likeness (QED) is 0.670. The molecule has 1 fully saturated rings. The zero-order valence-electron chi connectivity index (χ0n) is 14.8. The Hall–Kier alpha value is -1.26. The lowest BCUT2D eigenvalue weighted by Crippen LogP contribution is -2.49. The van der Waals surface area contributed by atoms with Crippen molar-refractivity contribution in [2.45, 2.75) is 63.4 Å². The third-order valence-corrected chi connectivity index (χ3v) is 9.33. The van der Waals surface area contributed by atoms with E-state index in [0.717, 1.165) is 0 Å². The number of aromatic nitrogens is 2. The van der Waals surface area contributed by atoms with Gasteiger partial charge in [0.2, 0.25) is 0 Å². The van der Waals surface area contributed by atoms with E-state index in [4.69, 9.17) is 14.9 Å². The summed E-state index contributed by atoms with van der Waals surface area (Å²) < 4.78 is 13.2. The van der Waals surface area contributed by atoms with Crippen LogP contribution in [-0.2, 0) is 9.16 Å². The molecule has 0 spiro atoms. The fourth-order valence-electron chi connectivity index (χ4n) is 2.36. The van der Waals surface area contributed by atoms with Gasteiger partial charge in [-0.25, -0.2) is 4.79 Å². The standard InChI is InChI=1S/C15H27N3O5Si/c1-15(2,3)24(4,5)23-12-11(20)9(8-19)22-13(12)18-7-6-10(16)17-14(18)21/h6-7,9,11-13,19-20H,8H2,1-5H3,(H2,16,17,21). The number of hydrogen-bond acceptors (Lipinski definition) is 7. The Balaban J connectivity index is 2.39. The van der Waals surface area contributed by atoms with Crippen LogP contribution in [0, 0.1) is 0 Å². The summed E-state index contributed by atoms with van der Waals surface area (Å²) in [6, 6.07) is 1.48. The number of ether oxygens (including phenoxy) is 1. The first-order valence-corrected chi connectivity index (χ1v) is 10.9. The van der Waals surface area contributed by atoms with Gasteiger partial charge in [-0.15, -0.1) is 0 Å². The van der Waals surface area contributed by atoms with Gasteiger partial charge in [0.05, 0.1) is 6.61 Å². The minimum absolute atomic E-state index is 0.0844. The van der Waals surface area contributed by atoms with Crippen LogP contribution in [0.15, 0.2) is 17.1 Å². The van der Waals surface area contributed by atoms with Crippen molar-refractivity contribution < 1.29 is 19.4 Å². The lowest BCUT2D eigenvalue weighted by Gasteiger charge is -2.40. The molecule has 1 aromatic rings. The summed E-state index contributed by atoms with van der Waals surface area (Å²) in [5, 5.41) is 19.9. The molecule has 0 bridgehead atoms. The summed E-state index contributed by atoms with van der Waals surface area (Å²) in [7, 11) is -2.24. The van der Waals surface area contributed by atoms with E-state index < -0.39 is 38.5 Å². The third kappa shape index (κ3) is 3.54. The number of aliphatic hydroxyl groups excluding tert-OH is 2. The van der Waals surface area contributed by atoms with E-state index in [2.05, 4.69) is 25.8 Å². The van der Waals surface area contributed by atoms with Gasteiger partial charge in [0.25, 0.3) is 0 Å². The molecule has 1 aromatic heterocycles. The Labute approximate surface area is 142 Å². The van der Waals surface area contributed by atoms with Crippen LogP contribution in [0.1, 0.15) is 27.0 Å². The average molecular weight is 357 g/mol. The van der Waals surface area contributed by atoms with Gasteiger partial charge in [0.15, 0.2) is 14.5 Å². The van der Waals surface area contributed by atoms with Crippen LogP contribution in [-0.4, -0.2) is 53.0 Å². The van der Waals surface area contributed by atoms with Crippen LogP contribution in [0.5, 0.6) is 0 Å². The monoisotopic (exact) mass is 357 g/mol. The van der Waals surface area contributed by atoms with Gasteiger partial charge < -0.3 is 25.1 Å². The fraction of sp³-hybridized carbons (Fsp3) is 0.733. The van der Waals surface area contributed by atoms with E-state index in [1.807, 2.05) is 13.1 Å². The Bertz CT molecular complexity index is 643. The van der Waals surface area contributed by atoms with Gasteiger partial charge in [-0.3, -0.25) is 4.57 Å². The average Bonchev–Trinajstić information content (AvgIpc) is 2.74. The van der Waals surface area contributed by atoms with Crippen molar-refractivity contribution in [1.29, 1.82) is 0 Å².